The van der Waals surface area contributed by atoms with Crippen molar-refractivity contribution in [1.82, 2.24) is 4.31 Å². The fourth-order valence-corrected chi connectivity index (χ4v) is 2.72. The molecule has 18 heavy (non-hydrogen) atoms. The van der Waals surface area contributed by atoms with Gasteiger partial charge in [-0.25, -0.2) is 12.7 Å². The summed E-state index contributed by atoms with van der Waals surface area (Å²) in [6.07, 6.45) is 0.249. The van der Waals surface area contributed by atoms with Gasteiger partial charge < -0.3 is 9.84 Å². The maximum atomic E-state index is 11.9. The lowest BCUT2D eigenvalue weighted by Gasteiger charge is -2.18. The van der Waals surface area contributed by atoms with Gasteiger partial charge in [-0.15, -0.1) is 0 Å². The topological polar surface area (TPSA) is 66.8 Å². The Balaban J connectivity index is 2.78. The normalized spacial score (nSPS) is 11.8. The SMILES string of the molecule is COc1ccccc1CN(C)S(=O)(=O)CCCO. The lowest BCUT2D eigenvalue weighted by atomic mass is 10.2. The highest BCUT2D eigenvalue weighted by Crippen LogP contribution is 2.19. The molecule has 6 heteroatoms. The Morgan fingerprint density at radius 3 is 2.61 bits per heavy atom. The molecule has 0 aliphatic heterocycles. The molecular formula is C12H19NO4S. The summed E-state index contributed by atoms with van der Waals surface area (Å²) in [6, 6.07) is 7.30. The van der Waals surface area contributed by atoms with Crippen molar-refractivity contribution in [1.29, 1.82) is 0 Å². The molecule has 0 bridgehead atoms. The van der Waals surface area contributed by atoms with Crippen LogP contribution in [0.4, 0.5) is 0 Å². The van der Waals surface area contributed by atoms with Gasteiger partial charge in [-0.3, -0.25) is 0 Å². The minimum atomic E-state index is -3.33. The smallest absolute Gasteiger partial charge is 0.214 e. The molecule has 5 nitrogen and oxygen atoms in total. The minimum Gasteiger partial charge on any atom is -0.496 e. The second kappa shape index (κ2) is 6.72. The molecule has 0 aliphatic carbocycles. The van der Waals surface area contributed by atoms with Crippen LogP contribution in [0, 0.1) is 0 Å². The average Bonchev–Trinajstić information content (AvgIpc) is 2.37. The summed E-state index contributed by atoms with van der Waals surface area (Å²) < 4.78 is 30.2. The molecule has 0 saturated carbocycles. The number of methoxy groups -OCH3 is 1. The van der Waals surface area contributed by atoms with Gasteiger partial charge in [0.1, 0.15) is 5.75 Å². The van der Waals surface area contributed by atoms with Crippen LogP contribution < -0.4 is 4.74 Å². The number of aliphatic hydroxyl groups excluding tert-OH is 1. The predicted octanol–water partition coefficient (Wildman–Crippen LogP) is 0.839. The lowest BCUT2D eigenvalue weighted by molar-refractivity contribution is 0.294. The molecule has 0 spiro atoms. The fraction of sp³-hybridized carbons (Fsp3) is 0.500. The molecule has 1 N–H and O–H groups in total. The van der Waals surface area contributed by atoms with E-state index in [1.54, 1.807) is 13.2 Å². The molecule has 1 rings (SSSR count). The monoisotopic (exact) mass is 273 g/mol. The Bertz CT molecular complexity index is 473. The first-order chi connectivity index (χ1) is 8.51. The summed E-state index contributed by atoms with van der Waals surface area (Å²) in [7, 11) is -0.246. The zero-order valence-electron chi connectivity index (χ0n) is 10.7. The van der Waals surface area contributed by atoms with E-state index in [4.69, 9.17) is 9.84 Å². The van der Waals surface area contributed by atoms with Gasteiger partial charge in [-0.1, -0.05) is 18.2 Å². The molecule has 0 fully saturated rings. The number of para-hydroxylation sites is 1. The molecule has 0 atom stereocenters. The van der Waals surface area contributed by atoms with Crippen LogP contribution in [-0.4, -0.2) is 44.3 Å². The number of rotatable bonds is 7. The second-order valence-electron chi connectivity index (χ2n) is 3.96. The van der Waals surface area contributed by atoms with Gasteiger partial charge in [0.2, 0.25) is 10.0 Å². The van der Waals surface area contributed by atoms with Gasteiger partial charge in [0.05, 0.1) is 12.9 Å². The van der Waals surface area contributed by atoms with E-state index in [1.807, 2.05) is 18.2 Å². The van der Waals surface area contributed by atoms with Gasteiger partial charge in [0.15, 0.2) is 0 Å². The van der Waals surface area contributed by atoms with Gasteiger partial charge >= 0.3 is 0 Å². The zero-order chi connectivity index (χ0) is 13.6. The van der Waals surface area contributed by atoms with Crippen molar-refractivity contribution >= 4 is 10.0 Å². The van der Waals surface area contributed by atoms with Gasteiger partial charge in [-0.2, -0.15) is 0 Å². The number of sulfonamides is 1. The van der Waals surface area contributed by atoms with E-state index in [9.17, 15) is 8.42 Å². The fourth-order valence-electron chi connectivity index (χ4n) is 1.57. The minimum absolute atomic E-state index is 0.0465. The van der Waals surface area contributed by atoms with Gasteiger partial charge in [0.25, 0.3) is 0 Å². The Morgan fingerprint density at radius 1 is 1.33 bits per heavy atom. The van der Waals surface area contributed by atoms with Crippen molar-refractivity contribution in [3.63, 3.8) is 0 Å². The van der Waals surface area contributed by atoms with Gasteiger partial charge in [0, 0.05) is 25.8 Å². The third-order valence-corrected chi connectivity index (χ3v) is 4.50. The van der Waals surface area contributed by atoms with Crippen LogP contribution in [0.2, 0.25) is 0 Å². The predicted molar refractivity (Wildman–Crippen MR) is 70.0 cm³/mol. The Labute approximate surface area is 108 Å². The molecule has 0 radical (unpaired) electrons. The van der Waals surface area contributed by atoms with Crippen LogP contribution in [0.25, 0.3) is 0 Å². The number of aliphatic hydroxyl groups is 1. The van der Waals surface area contributed by atoms with E-state index in [-0.39, 0.29) is 25.3 Å². The zero-order valence-corrected chi connectivity index (χ0v) is 11.5. The average molecular weight is 273 g/mol. The van der Waals surface area contributed by atoms with E-state index in [0.29, 0.717) is 5.75 Å². The van der Waals surface area contributed by atoms with Crippen molar-refractivity contribution < 1.29 is 18.3 Å². The molecule has 0 aliphatic rings. The standard InChI is InChI=1S/C12H19NO4S/c1-13(18(15,16)9-5-8-14)10-11-6-3-4-7-12(11)17-2/h3-4,6-7,14H,5,8-10H2,1-2H3. The van der Waals surface area contributed by atoms with Crippen molar-refractivity contribution in [3.8, 4) is 5.75 Å². The van der Waals surface area contributed by atoms with Crippen LogP contribution in [0.1, 0.15) is 12.0 Å². The van der Waals surface area contributed by atoms with Crippen molar-refractivity contribution in [2.75, 3.05) is 26.5 Å². The van der Waals surface area contributed by atoms with Crippen molar-refractivity contribution in [2.45, 2.75) is 13.0 Å². The van der Waals surface area contributed by atoms with Crippen LogP contribution >= 0.6 is 0 Å². The highest BCUT2D eigenvalue weighted by Gasteiger charge is 2.18. The molecule has 0 unspecified atom stereocenters. The van der Waals surface area contributed by atoms with E-state index in [1.165, 1.54) is 11.4 Å². The van der Waals surface area contributed by atoms with Crippen LogP contribution in [0.3, 0.4) is 0 Å². The largest absolute Gasteiger partial charge is 0.496 e. The van der Waals surface area contributed by atoms with E-state index < -0.39 is 10.0 Å². The van der Waals surface area contributed by atoms with E-state index in [2.05, 4.69) is 0 Å². The summed E-state index contributed by atoms with van der Waals surface area (Å²) in [5.74, 6) is 0.622. The van der Waals surface area contributed by atoms with Crippen LogP contribution in [0.15, 0.2) is 24.3 Å². The molecule has 0 aromatic heterocycles. The van der Waals surface area contributed by atoms with Crippen molar-refractivity contribution in [3.05, 3.63) is 29.8 Å². The van der Waals surface area contributed by atoms with Crippen LogP contribution in [-0.2, 0) is 16.6 Å². The van der Waals surface area contributed by atoms with E-state index >= 15 is 0 Å². The number of nitrogens with zero attached hydrogens (tertiary/aromatic N) is 1. The highest BCUT2D eigenvalue weighted by molar-refractivity contribution is 7.89. The third kappa shape index (κ3) is 3.97. The number of benzene rings is 1. The molecule has 102 valence electrons. The Hall–Kier alpha value is -1.11. The molecule has 0 heterocycles. The molecular weight excluding hydrogens is 254 g/mol. The Morgan fingerprint density at radius 2 is 2.00 bits per heavy atom. The molecule has 0 saturated heterocycles. The first kappa shape index (κ1) is 14.9. The summed E-state index contributed by atoms with van der Waals surface area (Å²) in [5.41, 5.74) is 0.815. The molecule has 1 aromatic carbocycles. The van der Waals surface area contributed by atoms with Crippen molar-refractivity contribution in [2.24, 2.45) is 0 Å². The summed E-state index contributed by atoms with van der Waals surface area (Å²) >= 11 is 0. The number of hydrogen-bond acceptors (Lipinski definition) is 4. The summed E-state index contributed by atoms with van der Waals surface area (Å²) in [6.45, 7) is 0.138. The highest BCUT2D eigenvalue weighted by atomic mass is 32.2. The summed E-state index contributed by atoms with van der Waals surface area (Å²) in [5, 5.41) is 8.68. The third-order valence-electron chi connectivity index (χ3n) is 2.62. The quantitative estimate of drug-likeness (QED) is 0.799. The van der Waals surface area contributed by atoms with Gasteiger partial charge in [-0.05, 0) is 12.5 Å². The van der Waals surface area contributed by atoms with Crippen LogP contribution in [0.5, 0.6) is 5.75 Å². The lowest BCUT2D eigenvalue weighted by Crippen LogP contribution is -2.29. The number of hydrogen-bond donors (Lipinski definition) is 1. The van der Waals surface area contributed by atoms with E-state index in [0.717, 1.165) is 5.56 Å². The summed E-state index contributed by atoms with van der Waals surface area (Å²) in [4.78, 5) is 0. The second-order valence-corrected chi connectivity index (χ2v) is 6.16. The maximum Gasteiger partial charge on any atom is 0.214 e. The first-order valence-electron chi connectivity index (χ1n) is 5.68. The maximum absolute atomic E-state index is 11.9. The molecule has 0 amide bonds. The number of ether oxygens (including phenoxy) is 1. The molecule has 1 aromatic rings. The first-order valence-corrected chi connectivity index (χ1v) is 7.29. The Kier molecular flexibility index (Phi) is 5.58.